The van der Waals surface area contributed by atoms with Crippen molar-refractivity contribution < 1.29 is 9.53 Å². The van der Waals surface area contributed by atoms with Crippen LogP contribution in [0.5, 0.6) is 0 Å². The van der Waals surface area contributed by atoms with Gasteiger partial charge in [-0.15, -0.1) is 11.3 Å². The maximum Gasteiger partial charge on any atom is 0.255 e. The number of nitrogens with zero attached hydrogens (tertiary/aromatic N) is 1. The molecule has 2 N–H and O–H groups in total. The van der Waals surface area contributed by atoms with Crippen LogP contribution in [0.25, 0.3) is 0 Å². The molecule has 112 valence electrons. The third kappa shape index (κ3) is 3.10. The van der Waals surface area contributed by atoms with E-state index >= 15 is 0 Å². The van der Waals surface area contributed by atoms with Gasteiger partial charge in [0.1, 0.15) is 17.2 Å². The van der Waals surface area contributed by atoms with Crippen molar-refractivity contribution in [1.29, 1.82) is 5.26 Å². The van der Waals surface area contributed by atoms with Crippen LogP contribution in [0.1, 0.15) is 35.3 Å². The lowest BCUT2D eigenvalue weighted by Gasteiger charge is -2.22. The maximum absolute atomic E-state index is 12.2. The summed E-state index contributed by atoms with van der Waals surface area (Å²) in [4.78, 5) is 13.5. The van der Waals surface area contributed by atoms with Crippen LogP contribution in [0.15, 0.2) is 0 Å². The van der Waals surface area contributed by atoms with Gasteiger partial charge in [-0.05, 0) is 31.2 Å². The molecule has 0 radical (unpaired) electrons. The fourth-order valence-corrected chi connectivity index (χ4v) is 4.12. The third-order valence-electron chi connectivity index (χ3n) is 3.99. The summed E-state index contributed by atoms with van der Waals surface area (Å²) < 4.78 is 5.45. The molecule has 1 aromatic rings. The number of carbonyl (C=O) groups excluding carboxylic acids is 1. The quantitative estimate of drug-likeness (QED) is 0.817. The molecule has 3 rings (SSSR count). The topological polar surface area (TPSA) is 74.2 Å². The molecule has 5 nitrogen and oxygen atoms in total. The van der Waals surface area contributed by atoms with E-state index in [1.54, 1.807) is 11.3 Å². The monoisotopic (exact) mass is 305 g/mol. The molecule has 1 fully saturated rings. The zero-order valence-corrected chi connectivity index (χ0v) is 12.7. The van der Waals surface area contributed by atoms with E-state index in [2.05, 4.69) is 16.7 Å². The predicted octanol–water partition coefficient (Wildman–Crippen LogP) is 1.82. The highest BCUT2D eigenvalue weighted by Gasteiger charge is 2.25. The van der Waals surface area contributed by atoms with Crippen LogP contribution >= 0.6 is 11.3 Å². The average molecular weight is 305 g/mol. The van der Waals surface area contributed by atoms with Gasteiger partial charge in [0, 0.05) is 18.0 Å². The number of thiophene rings is 1. The van der Waals surface area contributed by atoms with E-state index in [0.29, 0.717) is 23.7 Å². The van der Waals surface area contributed by atoms with E-state index in [1.807, 2.05) is 0 Å². The Kier molecular flexibility index (Phi) is 4.54. The van der Waals surface area contributed by atoms with Gasteiger partial charge in [0.2, 0.25) is 0 Å². The number of hydrogen-bond acceptors (Lipinski definition) is 5. The van der Waals surface area contributed by atoms with Crippen LogP contribution in [-0.2, 0) is 22.4 Å². The normalized spacial score (nSPS) is 22.0. The van der Waals surface area contributed by atoms with Gasteiger partial charge in [-0.25, -0.2) is 0 Å². The lowest BCUT2D eigenvalue weighted by atomic mass is 10.1. The van der Waals surface area contributed by atoms with Crippen LogP contribution in [-0.4, -0.2) is 31.7 Å². The van der Waals surface area contributed by atoms with Crippen LogP contribution in [0.3, 0.4) is 0 Å². The molecule has 2 heterocycles. The molecular weight excluding hydrogens is 286 g/mol. The van der Waals surface area contributed by atoms with Crippen molar-refractivity contribution in [1.82, 2.24) is 5.32 Å². The molecule has 1 aliphatic heterocycles. The van der Waals surface area contributed by atoms with Crippen molar-refractivity contribution >= 4 is 22.2 Å². The van der Waals surface area contributed by atoms with Gasteiger partial charge >= 0.3 is 0 Å². The molecule has 1 unspecified atom stereocenters. The van der Waals surface area contributed by atoms with E-state index in [1.165, 1.54) is 17.7 Å². The largest absolute Gasteiger partial charge is 0.366 e. The molecule has 1 atom stereocenters. The number of anilines is 1. The second-order valence-electron chi connectivity index (χ2n) is 5.43. The summed E-state index contributed by atoms with van der Waals surface area (Å²) in [5.41, 5.74) is 1.81. The minimum atomic E-state index is -0.466. The molecule has 21 heavy (non-hydrogen) atoms. The number of hydrogen-bond donors (Lipinski definition) is 2. The second kappa shape index (κ2) is 6.56. The summed E-state index contributed by atoms with van der Waals surface area (Å²) >= 11 is 1.56. The Labute approximate surface area is 128 Å². The molecule has 1 aliphatic carbocycles. The Morgan fingerprint density at radius 1 is 1.38 bits per heavy atom. The Morgan fingerprint density at radius 2 is 2.24 bits per heavy atom. The van der Waals surface area contributed by atoms with Crippen LogP contribution in [0.2, 0.25) is 0 Å². The summed E-state index contributed by atoms with van der Waals surface area (Å²) in [6, 6.07) is 2.28. The van der Waals surface area contributed by atoms with Gasteiger partial charge in [0.25, 0.3) is 5.91 Å². The Hall–Kier alpha value is -1.42. The number of fused-ring (bicyclic) bond motifs is 1. The highest BCUT2D eigenvalue weighted by molar-refractivity contribution is 7.16. The number of morpholine rings is 1. The van der Waals surface area contributed by atoms with E-state index < -0.39 is 6.10 Å². The van der Waals surface area contributed by atoms with Crippen molar-refractivity contribution in [2.24, 2.45) is 0 Å². The van der Waals surface area contributed by atoms with Crippen LogP contribution < -0.4 is 10.6 Å². The molecule has 1 aromatic heterocycles. The minimum absolute atomic E-state index is 0.157. The fourth-order valence-electron chi connectivity index (χ4n) is 2.88. The molecular formula is C15H19N3O2S. The number of nitrogens with one attached hydrogen (secondary N) is 2. The smallest absolute Gasteiger partial charge is 0.255 e. The van der Waals surface area contributed by atoms with Gasteiger partial charge in [-0.3, -0.25) is 4.79 Å². The number of ether oxygens (including phenoxy) is 1. The summed E-state index contributed by atoms with van der Waals surface area (Å²) in [5, 5.41) is 16.2. The van der Waals surface area contributed by atoms with Crippen molar-refractivity contribution in [2.45, 2.75) is 38.2 Å². The summed E-state index contributed by atoms with van der Waals surface area (Å²) in [7, 11) is 0. The molecule has 0 saturated carbocycles. The molecule has 0 bridgehead atoms. The van der Waals surface area contributed by atoms with E-state index in [-0.39, 0.29) is 5.91 Å². The molecule has 0 spiro atoms. The number of aryl methyl sites for hydroxylation is 1. The highest BCUT2D eigenvalue weighted by Crippen LogP contribution is 2.37. The summed E-state index contributed by atoms with van der Waals surface area (Å²) in [6.45, 7) is 1.85. The first-order chi connectivity index (χ1) is 10.3. The summed E-state index contributed by atoms with van der Waals surface area (Å²) in [5.74, 6) is -0.157. The zero-order valence-electron chi connectivity index (χ0n) is 11.9. The first kappa shape index (κ1) is 14.5. The Bertz CT molecular complexity index is 570. The van der Waals surface area contributed by atoms with E-state index in [0.717, 1.165) is 31.4 Å². The van der Waals surface area contributed by atoms with Gasteiger partial charge in [-0.1, -0.05) is 6.42 Å². The summed E-state index contributed by atoms with van der Waals surface area (Å²) in [6.07, 6.45) is 5.02. The van der Waals surface area contributed by atoms with E-state index in [9.17, 15) is 10.1 Å². The number of nitriles is 1. The third-order valence-corrected chi connectivity index (χ3v) is 5.20. The van der Waals surface area contributed by atoms with Crippen LogP contribution in [0, 0.1) is 11.3 Å². The number of carbonyl (C=O) groups is 1. The van der Waals surface area contributed by atoms with Crippen LogP contribution in [0.4, 0.5) is 5.00 Å². The SMILES string of the molecule is N#Cc1c(NC(=O)C2CNCCO2)sc2c1CCCCC2. The number of amides is 1. The van der Waals surface area contributed by atoms with Crippen molar-refractivity contribution in [2.75, 3.05) is 25.0 Å². The fraction of sp³-hybridized carbons (Fsp3) is 0.600. The maximum atomic E-state index is 12.2. The molecule has 6 heteroatoms. The van der Waals surface area contributed by atoms with Gasteiger partial charge in [-0.2, -0.15) is 5.26 Å². The molecule has 1 saturated heterocycles. The standard InChI is InChI=1S/C15H19N3O2S/c16-8-11-10-4-2-1-3-5-13(10)21-15(11)18-14(19)12-9-17-6-7-20-12/h12,17H,1-7,9H2,(H,18,19). The van der Waals surface area contributed by atoms with Gasteiger partial charge in [0.05, 0.1) is 12.2 Å². The molecule has 1 amide bonds. The van der Waals surface area contributed by atoms with E-state index in [4.69, 9.17) is 4.74 Å². The highest BCUT2D eigenvalue weighted by atomic mass is 32.1. The molecule has 0 aromatic carbocycles. The van der Waals surface area contributed by atoms with Crippen molar-refractivity contribution in [3.63, 3.8) is 0 Å². The minimum Gasteiger partial charge on any atom is -0.366 e. The lowest BCUT2D eigenvalue weighted by molar-refractivity contribution is -0.128. The van der Waals surface area contributed by atoms with Gasteiger partial charge < -0.3 is 15.4 Å². The molecule has 2 aliphatic rings. The number of rotatable bonds is 2. The first-order valence-electron chi connectivity index (χ1n) is 7.47. The zero-order chi connectivity index (χ0) is 14.7. The Balaban J connectivity index is 1.79. The second-order valence-corrected chi connectivity index (χ2v) is 6.54. The average Bonchev–Trinajstić information content (AvgIpc) is 2.68. The first-order valence-corrected chi connectivity index (χ1v) is 8.29. The Morgan fingerprint density at radius 3 is 3.00 bits per heavy atom. The van der Waals surface area contributed by atoms with Crippen molar-refractivity contribution in [3.05, 3.63) is 16.0 Å². The predicted molar refractivity (Wildman–Crippen MR) is 81.5 cm³/mol. The van der Waals surface area contributed by atoms with Crippen molar-refractivity contribution in [3.8, 4) is 6.07 Å². The lowest BCUT2D eigenvalue weighted by Crippen LogP contribution is -2.45. The van der Waals surface area contributed by atoms with Gasteiger partial charge in [0.15, 0.2) is 0 Å².